The van der Waals surface area contributed by atoms with E-state index in [4.69, 9.17) is 4.74 Å². The zero-order valence-electron chi connectivity index (χ0n) is 14.5. The third kappa shape index (κ3) is 3.71. The molecule has 6 nitrogen and oxygen atoms in total. The van der Waals surface area contributed by atoms with Gasteiger partial charge in [-0.25, -0.2) is 9.97 Å². The lowest BCUT2D eigenvalue weighted by atomic mass is 10.2. The van der Waals surface area contributed by atoms with E-state index in [0.29, 0.717) is 11.3 Å². The van der Waals surface area contributed by atoms with Gasteiger partial charge in [0, 0.05) is 10.3 Å². The molecule has 1 N–H and O–H groups in total. The monoisotopic (exact) mass is 387 g/mol. The Hall–Kier alpha value is -2.45. The highest BCUT2D eigenvalue weighted by Gasteiger charge is 2.17. The van der Waals surface area contributed by atoms with Crippen molar-refractivity contribution in [3.05, 3.63) is 46.6 Å². The van der Waals surface area contributed by atoms with Crippen LogP contribution in [-0.2, 0) is 4.79 Å². The number of thiophene rings is 1. The predicted molar refractivity (Wildman–Crippen MR) is 103 cm³/mol. The minimum Gasteiger partial charge on any atom is -0.496 e. The first kappa shape index (κ1) is 18.3. The number of fused-ring (bicyclic) bond motifs is 1. The molecule has 0 saturated heterocycles. The molecule has 8 heteroatoms. The molecule has 0 saturated carbocycles. The van der Waals surface area contributed by atoms with Gasteiger partial charge in [0.1, 0.15) is 21.9 Å². The van der Waals surface area contributed by atoms with Gasteiger partial charge in [-0.05, 0) is 31.5 Å². The Morgan fingerprint density at radius 1 is 1.23 bits per heavy atom. The third-order valence-electron chi connectivity index (χ3n) is 3.88. The molecule has 0 aliphatic carbocycles. The van der Waals surface area contributed by atoms with Crippen LogP contribution in [0.1, 0.15) is 20.8 Å². The second kappa shape index (κ2) is 7.84. The van der Waals surface area contributed by atoms with Crippen molar-refractivity contribution in [1.82, 2.24) is 15.3 Å². The number of carbonyl (C=O) groups is 2. The van der Waals surface area contributed by atoms with E-state index in [1.807, 2.05) is 13.8 Å². The number of rotatable bonds is 5. The van der Waals surface area contributed by atoms with Crippen LogP contribution in [0.4, 0.5) is 0 Å². The maximum Gasteiger partial charge on any atom is 0.261 e. The Bertz CT molecular complexity index is 985. The van der Waals surface area contributed by atoms with Gasteiger partial charge >= 0.3 is 0 Å². The van der Waals surface area contributed by atoms with Gasteiger partial charge in [-0.15, -0.1) is 11.3 Å². The molecule has 0 spiro atoms. The molecule has 0 fully saturated rings. The molecule has 0 bridgehead atoms. The normalized spacial score (nSPS) is 10.7. The first-order valence-corrected chi connectivity index (χ1v) is 9.62. The number of amides is 2. The average Bonchev–Trinajstić information content (AvgIpc) is 2.94. The Kier molecular flexibility index (Phi) is 5.53. The van der Waals surface area contributed by atoms with Crippen molar-refractivity contribution in [2.24, 2.45) is 0 Å². The highest BCUT2D eigenvalue weighted by molar-refractivity contribution is 8.00. The van der Waals surface area contributed by atoms with E-state index < -0.39 is 5.91 Å². The summed E-state index contributed by atoms with van der Waals surface area (Å²) >= 11 is 2.90. The summed E-state index contributed by atoms with van der Waals surface area (Å²) in [7, 11) is 1.48. The standard InChI is InChI=1S/C18H17N3O3S2/c1-10-11(2)26-18-15(10)17(19-9-20-18)25-8-14(22)21-16(23)12-6-4-5-7-13(12)24-3/h4-7,9H,8H2,1-3H3,(H,21,22,23). The van der Waals surface area contributed by atoms with Gasteiger partial charge in [0.25, 0.3) is 5.91 Å². The SMILES string of the molecule is COc1ccccc1C(=O)NC(=O)CSc1ncnc2sc(C)c(C)c12. The van der Waals surface area contributed by atoms with Gasteiger partial charge in [0.05, 0.1) is 18.4 Å². The Balaban J connectivity index is 1.69. The summed E-state index contributed by atoms with van der Waals surface area (Å²) in [4.78, 5) is 35.1. The first-order chi connectivity index (χ1) is 12.5. The lowest BCUT2D eigenvalue weighted by Gasteiger charge is -2.08. The van der Waals surface area contributed by atoms with Crippen LogP contribution in [0.2, 0.25) is 0 Å². The number of hydrogen-bond acceptors (Lipinski definition) is 7. The zero-order valence-corrected chi connectivity index (χ0v) is 16.2. The van der Waals surface area contributed by atoms with Crippen molar-refractivity contribution in [2.75, 3.05) is 12.9 Å². The molecule has 0 unspecified atom stereocenters. The van der Waals surface area contributed by atoms with Gasteiger partial charge in [-0.3, -0.25) is 14.9 Å². The number of imide groups is 1. The summed E-state index contributed by atoms with van der Waals surface area (Å²) < 4.78 is 5.15. The Morgan fingerprint density at radius 3 is 2.77 bits per heavy atom. The zero-order chi connectivity index (χ0) is 18.7. The van der Waals surface area contributed by atoms with E-state index in [2.05, 4.69) is 15.3 Å². The molecule has 3 rings (SSSR count). The number of para-hydroxylation sites is 1. The van der Waals surface area contributed by atoms with Gasteiger partial charge in [0.15, 0.2) is 0 Å². The summed E-state index contributed by atoms with van der Waals surface area (Å²) in [6.45, 7) is 4.06. The van der Waals surface area contributed by atoms with E-state index in [0.717, 1.165) is 20.8 Å². The smallest absolute Gasteiger partial charge is 0.261 e. The second-order valence-electron chi connectivity index (χ2n) is 5.51. The molecule has 2 amide bonds. The molecular weight excluding hydrogens is 370 g/mol. The van der Waals surface area contributed by atoms with Crippen molar-refractivity contribution in [1.29, 1.82) is 0 Å². The molecule has 2 aromatic heterocycles. The minimum absolute atomic E-state index is 0.0847. The number of hydrogen-bond donors (Lipinski definition) is 1. The van der Waals surface area contributed by atoms with E-state index in [1.165, 1.54) is 30.1 Å². The fourth-order valence-corrected chi connectivity index (χ4v) is 4.37. The van der Waals surface area contributed by atoms with Crippen LogP contribution in [0, 0.1) is 13.8 Å². The molecule has 1 aromatic carbocycles. The maximum absolute atomic E-state index is 12.3. The maximum atomic E-state index is 12.3. The average molecular weight is 387 g/mol. The van der Waals surface area contributed by atoms with Crippen LogP contribution in [0.5, 0.6) is 5.75 Å². The molecule has 0 atom stereocenters. The van der Waals surface area contributed by atoms with E-state index >= 15 is 0 Å². The van der Waals surface area contributed by atoms with Crippen LogP contribution in [0.25, 0.3) is 10.2 Å². The second-order valence-corrected chi connectivity index (χ2v) is 7.68. The number of nitrogens with one attached hydrogen (secondary N) is 1. The Morgan fingerprint density at radius 2 is 2.00 bits per heavy atom. The predicted octanol–water partition coefficient (Wildman–Crippen LogP) is 3.37. The molecule has 134 valence electrons. The van der Waals surface area contributed by atoms with Crippen LogP contribution in [0.15, 0.2) is 35.6 Å². The Labute approximate surface area is 159 Å². The molecule has 0 aliphatic rings. The van der Waals surface area contributed by atoms with Gasteiger partial charge in [0.2, 0.25) is 5.91 Å². The number of aromatic nitrogens is 2. The van der Waals surface area contributed by atoms with Crippen LogP contribution < -0.4 is 10.1 Å². The number of methoxy groups -OCH3 is 1. The third-order valence-corrected chi connectivity index (χ3v) is 5.98. The van der Waals surface area contributed by atoms with Crippen LogP contribution in [-0.4, -0.2) is 34.6 Å². The summed E-state index contributed by atoms with van der Waals surface area (Å²) in [6, 6.07) is 6.77. The number of benzene rings is 1. The fourth-order valence-electron chi connectivity index (χ4n) is 2.46. The molecule has 0 aliphatic heterocycles. The highest BCUT2D eigenvalue weighted by atomic mass is 32.2. The van der Waals surface area contributed by atoms with Gasteiger partial charge in [-0.2, -0.15) is 0 Å². The van der Waals surface area contributed by atoms with Gasteiger partial charge < -0.3 is 4.74 Å². The molecule has 2 heterocycles. The number of ether oxygens (including phenoxy) is 1. The highest BCUT2D eigenvalue weighted by Crippen LogP contribution is 2.34. The van der Waals surface area contributed by atoms with Crippen LogP contribution in [0.3, 0.4) is 0 Å². The lowest BCUT2D eigenvalue weighted by molar-refractivity contribution is -0.117. The quantitative estimate of drug-likeness (QED) is 0.534. The number of nitrogens with zero attached hydrogens (tertiary/aromatic N) is 2. The van der Waals surface area contributed by atoms with Crippen molar-refractivity contribution in [2.45, 2.75) is 18.9 Å². The molecule has 3 aromatic rings. The lowest BCUT2D eigenvalue weighted by Crippen LogP contribution is -2.32. The van der Waals surface area contributed by atoms with E-state index in [1.54, 1.807) is 35.6 Å². The van der Waals surface area contributed by atoms with E-state index in [-0.39, 0.29) is 11.7 Å². The fraction of sp³-hybridized carbons (Fsp3) is 0.222. The summed E-state index contributed by atoms with van der Waals surface area (Å²) in [5.74, 6) is -0.362. The molecular formula is C18H17N3O3S2. The summed E-state index contributed by atoms with van der Waals surface area (Å²) in [6.07, 6.45) is 1.50. The summed E-state index contributed by atoms with van der Waals surface area (Å²) in [5, 5.41) is 4.11. The number of carbonyl (C=O) groups excluding carboxylic acids is 2. The minimum atomic E-state index is -0.483. The first-order valence-electron chi connectivity index (χ1n) is 7.82. The van der Waals surface area contributed by atoms with Crippen molar-refractivity contribution >= 4 is 45.1 Å². The topological polar surface area (TPSA) is 81.2 Å². The van der Waals surface area contributed by atoms with Crippen molar-refractivity contribution < 1.29 is 14.3 Å². The van der Waals surface area contributed by atoms with E-state index in [9.17, 15) is 9.59 Å². The molecule has 0 radical (unpaired) electrons. The summed E-state index contributed by atoms with van der Waals surface area (Å²) in [5.41, 5.74) is 1.45. The largest absolute Gasteiger partial charge is 0.496 e. The molecule has 26 heavy (non-hydrogen) atoms. The van der Waals surface area contributed by atoms with Crippen LogP contribution >= 0.6 is 23.1 Å². The number of thioether (sulfide) groups is 1. The van der Waals surface area contributed by atoms with Crippen molar-refractivity contribution in [3.63, 3.8) is 0 Å². The van der Waals surface area contributed by atoms with Gasteiger partial charge in [-0.1, -0.05) is 23.9 Å². The van der Waals surface area contributed by atoms with Crippen molar-refractivity contribution in [3.8, 4) is 5.75 Å². The number of aryl methyl sites for hydroxylation is 2.